The summed E-state index contributed by atoms with van der Waals surface area (Å²) in [5.41, 5.74) is 7.15. The van der Waals surface area contributed by atoms with E-state index in [0.717, 1.165) is 11.1 Å². The largest absolute Gasteiger partial charge is 0.363 e. The molecule has 142 valence electrons. The number of hydrogen-bond donors (Lipinski definition) is 2. The minimum Gasteiger partial charge on any atom is -0.363 e. The third-order valence-corrected chi connectivity index (χ3v) is 5.44. The van der Waals surface area contributed by atoms with Crippen molar-refractivity contribution in [3.63, 3.8) is 0 Å². The Morgan fingerprint density at radius 1 is 1.00 bits per heavy atom. The lowest BCUT2D eigenvalue weighted by atomic mass is 10.0. The third-order valence-electron chi connectivity index (χ3n) is 4.13. The summed E-state index contributed by atoms with van der Waals surface area (Å²) in [5, 5.41) is 2.65. The molecule has 0 radical (unpaired) electrons. The van der Waals surface area contributed by atoms with Crippen LogP contribution in [0, 0.1) is 0 Å². The molecule has 0 bridgehead atoms. The highest BCUT2D eigenvalue weighted by Gasteiger charge is 2.27. The Bertz CT molecular complexity index is 1000. The average Bonchev–Trinajstić information content (AvgIpc) is 3.10. The Balaban J connectivity index is 1.88. The molecular formula is C21H17ClN2O3S. The number of Topliss-reactive ketones (excluding diaryl/α,β-unsaturated/α-hetero) is 1. The molecule has 1 unspecified atom stereocenters. The monoisotopic (exact) mass is 412 g/mol. The molecule has 2 amide bonds. The van der Waals surface area contributed by atoms with Gasteiger partial charge in [-0.2, -0.15) is 0 Å². The van der Waals surface area contributed by atoms with E-state index in [9.17, 15) is 14.4 Å². The van der Waals surface area contributed by atoms with Crippen molar-refractivity contribution >= 4 is 40.5 Å². The van der Waals surface area contributed by atoms with Crippen LogP contribution in [0.4, 0.5) is 0 Å². The van der Waals surface area contributed by atoms with Crippen LogP contribution in [0.3, 0.4) is 0 Å². The minimum absolute atomic E-state index is 0.160. The maximum absolute atomic E-state index is 12.9. The van der Waals surface area contributed by atoms with Gasteiger partial charge in [0, 0.05) is 11.3 Å². The summed E-state index contributed by atoms with van der Waals surface area (Å²) in [4.78, 5) is 37.3. The summed E-state index contributed by atoms with van der Waals surface area (Å²) in [6.45, 7) is 0. The summed E-state index contributed by atoms with van der Waals surface area (Å²) < 4.78 is 0.449. The van der Waals surface area contributed by atoms with Gasteiger partial charge in [-0.3, -0.25) is 14.4 Å². The number of ketones is 1. The first-order chi connectivity index (χ1) is 13.5. The number of carbonyl (C=O) groups is 3. The summed E-state index contributed by atoms with van der Waals surface area (Å²) >= 11 is 7.41. The number of benzene rings is 2. The number of carbonyl (C=O) groups excluding carboxylic acids is 3. The molecule has 1 heterocycles. The summed E-state index contributed by atoms with van der Waals surface area (Å²) in [5.74, 6) is -2.43. The van der Waals surface area contributed by atoms with Crippen molar-refractivity contribution in [3.8, 4) is 10.4 Å². The Labute approximate surface area is 171 Å². The van der Waals surface area contributed by atoms with Crippen molar-refractivity contribution in [2.24, 2.45) is 5.73 Å². The van der Waals surface area contributed by atoms with Gasteiger partial charge in [0.05, 0.1) is 9.90 Å². The first-order valence-corrected chi connectivity index (χ1v) is 9.68. The van der Waals surface area contributed by atoms with E-state index in [1.165, 1.54) is 11.3 Å². The summed E-state index contributed by atoms with van der Waals surface area (Å²) in [6.07, 6.45) is 0.160. The van der Waals surface area contributed by atoms with E-state index in [0.29, 0.717) is 14.8 Å². The van der Waals surface area contributed by atoms with E-state index in [4.69, 9.17) is 17.3 Å². The number of nitrogens with one attached hydrogen (secondary N) is 1. The second-order valence-electron chi connectivity index (χ2n) is 6.10. The maximum Gasteiger partial charge on any atom is 0.287 e. The highest BCUT2D eigenvalue weighted by Crippen LogP contribution is 2.35. The Morgan fingerprint density at radius 3 is 2.21 bits per heavy atom. The van der Waals surface area contributed by atoms with Crippen molar-refractivity contribution in [3.05, 3.63) is 82.2 Å². The lowest BCUT2D eigenvalue weighted by Crippen LogP contribution is -2.47. The molecule has 1 aromatic heterocycles. The van der Waals surface area contributed by atoms with Crippen molar-refractivity contribution in [1.82, 2.24) is 5.32 Å². The van der Waals surface area contributed by atoms with Gasteiger partial charge in [-0.1, -0.05) is 72.3 Å². The van der Waals surface area contributed by atoms with Gasteiger partial charge in [0.15, 0.2) is 0 Å². The molecule has 0 saturated heterocycles. The molecule has 0 saturated carbocycles. The standard InChI is InChI=1S/C21H17ClN2O3S/c22-17-12-15(19(28-17)14-9-5-2-6-10-14)21(27)24-16(18(25)20(23)26)11-13-7-3-1-4-8-13/h1-10,12,16H,11H2,(H2,23,26)(H,24,27). The first-order valence-electron chi connectivity index (χ1n) is 8.49. The lowest BCUT2D eigenvalue weighted by molar-refractivity contribution is -0.137. The van der Waals surface area contributed by atoms with Crippen LogP contribution >= 0.6 is 22.9 Å². The fourth-order valence-corrected chi connectivity index (χ4v) is 4.03. The molecule has 0 aliphatic carbocycles. The molecule has 3 rings (SSSR count). The van der Waals surface area contributed by atoms with Crippen LogP contribution in [0.2, 0.25) is 4.34 Å². The second-order valence-corrected chi connectivity index (χ2v) is 7.79. The normalized spacial score (nSPS) is 11.6. The van der Waals surface area contributed by atoms with Gasteiger partial charge in [-0.05, 0) is 17.2 Å². The molecule has 0 fully saturated rings. The van der Waals surface area contributed by atoms with Gasteiger partial charge in [0.1, 0.15) is 6.04 Å². The van der Waals surface area contributed by atoms with Gasteiger partial charge in [0.2, 0.25) is 5.78 Å². The van der Waals surface area contributed by atoms with Crippen molar-refractivity contribution in [2.75, 3.05) is 0 Å². The quantitative estimate of drug-likeness (QED) is 0.582. The van der Waals surface area contributed by atoms with E-state index in [-0.39, 0.29) is 6.42 Å². The fraction of sp³-hybridized carbons (Fsp3) is 0.0952. The Morgan fingerprint density at radius 2 is 1.61 bits per heavy atom. The summed E-state index contributed by atoms with van der Waals surface area (Å²) in [7, 11) is 0. The zero-order valence-electron chi connectivity index (χ0n) is 14.7. The molecule has 0 spiro atoms. The molecule has 3 N–H and O–H groups in total. The van der Waals surface area contributed by atoms with Gasteiger partial charge < -0.3 is 11.1 Å². The zero-order valence-corrected chi connectivity index (χ0v) is 16.3. The van der Waals surface area contributed by atoms with Crippen LogP contribution in [0.25, 0.3) is 10.4 Å². The van der Waals surface area contributed by atoms with Crippen LogP contribution in [0.1, 0.15) is 15.9 Å². The second kappa shape index (κ2) is 8.82. The molecule has 3 aromatic rings. The number of primary amides is 1. The third kappa shape index (κ3) is 4.65. The van der Waals surface area contributed by atoms with E-state index < -0.39 is 23.6 Å². The molecule has 28 heavy (non-hydrogen) atoms. The fourth-order valence-electron chi connectivity index (χ4n) is 2.80. The maximum atomic E-state index is 12.9. The number of halogens is 1. The van der Waals surface area contributed by atoms with Gasteiger partial charge in [0.25, 0.3) is 11.8 Å². The molecule has 1 atom stereocenters. The molecule has 7 heteroatoms. The molecule has 0 aliphatic heterocycles. The average molecular weight is 413 g/mol. The van der Waals surface area contributed by atoms with Crippen molar-refractivity contribution < 1.29 is 14.4 Å². The van der Waals surface area contributed by atoms with E-state index >= 15 is 0 Å². The van der Waals surface area contributed by atoms with Crippen LogP contribution in [-0.4, -0.2) is 23.6 Å². The van der Waals surface area contributed by atoms with Crippen LogP contribution < -0.4 is 11.1 Å². The Kier molecular flexibility index (Phi) is 6.23. The number of rotatable bonds is 7. The van der Waals surface area contributed by atoms with E-state index in [1.807, 2.05) is 60.7 Å². The van der Waals surface area contributed by atoms with Gasteiger partial charge in [-0.15, -0.1) is 11.3 Å². The molecule has 0 aliphatic rings. The number of hydrogen-bond acceptors (Lipinski definition) is 4. The van der Waals surface area contributed by atoms with Crippen molar-refractivity contribution in [1.29, 1.82) is 0 Å². The highest BCUT2D eigenvalue weighted by atomic mass is 35.5. The number of thiophene rings is 1. The number of amides is 2. The smallest absolute Gasteiger partial charge is 0.287 e. The predicted molar refractivity (Wildman–Crippen MR) is 110 cm³/mol. The van der Waals surface area contributed by atoms with Gasteiger partial charge >= 0.3 is 0 Å². The van der Waals surface area contributed by atoms with Crippen molar-refractivity contribution in [2.45, 2.75) is 12.5 Å². The highest BCUT2D eigenvalue weighted by molar-refractivity contribution is 7.19. The molecule has 2 aromatic carbocycles. The molecule has 5 nitrogen and oxygen atoms in total. The van der Waals surface area contributed by atoms with Crippen LogP contribution in [-0.2, 0) is 16.0 Å². The topological polar surface area (TPSA) is 89.3 Å². The first kappa shape index (κ1) is 19.8. The minimum atomic E-state index is -1.09. The Hall–Kier alpha value is -2.96. The lowest BCUT2D eigenvalue weighted by Gasteiger charge is -2.16. The van der Waals surface area contributed by atoms with Gasteiger partial charge in [-0.25, -0.2) is 0 Å². The summed E-state index contributed by atoms with van der Waals surface area (Å²) in [6, 6.07) is 18.9. The number of nitrogens with two attached hydrogens (primary N) is 1. The van der Waals surface area contributed by atoms with E-state index in [1.54, 1.807) is 6.07 Å². The van der Waals surface area contributed by atoms with Crippen LogP contribution in [0.15, 0.2) is 66.7 Å². The predicted octanol–water partition coefficient (Wildman–Crippen LogP) is 3.46. The van der Waals surface area contributed by atoms with Crippen LogP contribution in [0.5, 0.6) is 0 Å². The zero-order chi connectivity index (χ0) is 20.1. The SMILES string of the molecule is NC(=O)C(=O)C(Cc1ccccc1)NC(=O)c1cc(Cl)sc1-c1ccccc1. The van der Waals surface area contributed by atoms with E-state index in [2.05, 4.69) is 5.32 Å². The molecular weight excluding hydrogens is 396 g/mol.